The topological polar surface area (TPSA) is 151 Å². The van der Waals surface area contributed by atoms with E-state index >= 15 is 0 Å². The summed E-state index contributed by atoms with van der Waals surface area (Å²) in [5, 5.41) is 24.4. The molecule has 0 bridgehead atoms. The number of phosphoric ester groups is 1. The zero-order chi connectivity index (χ0) is 46.2. The third kappa shape index (κ3) is 47.5. The number of unbranched alkanes of at least 4 members (excludes halogenated alkanes) is 36. The van der Waals surface area contributed by atoms with Crippen LogP contribution in [0.4, 0.5) is 0 Å². The molecular weight excluding hydrogens is 808 g/mol. The van der Waals surface area contributed by atoms with Gasteiger partial charge in [0.05, 0.1) is 37.9 Å². The summed E-state index contributed by atoms with van der Waals surface area (Å²) in [5.74, 6) is -0.412. The molecule has 376 valence electrons. The maximum atomic E-state index is 12.9. The van der Waals surface area contributed by atoms with E-state index in [1.54, 1.807) is 0 Å². The molecule has 0 aromatic heterocycles. The van der Waals surface area contributed by atoms with Gasteiger partial charge in [-0.15, -0.1) is 0 Å². The minimum absolute atomic E-state index is 0.0605. The number of carbonyl (C=O) groups excluding carboxylic acids is 1. The SMILES string of the molecule is CCCCCCCCCCCCC/C=C\CCCCCCCC(O)CC(=O)NC(COP(=O)(O)OCCN)C(O)CCCCCCCCCCCCCCCCCCCCCCC. The second-order valence-corrected chi connectivity index (χ2v) is 20.4. The van der Waals surface area contributed by atoms with E-state index in [0.29, 0.717) is 12.8 Å². The molecule has 0 aliphatic heterocycles. The lowest BCUT2D eigenvalue weighted by atomic mass is 10.0. The third-order valence-corrected chi connectivity index (χ3v) is 13.7. The van der Waals surface area contributed by atoms with Gasteiger partial charge >= 0.3 is 7.82 Å². The summed E-state index contributed by atoms with van der Waals surface area (Å²) in [7, 11) is -4.38. The number of nitrogens with one attached hydrogen (secondary N) is 1. The smallest absolute Gasteiger partial charge is 0.393 e. The van der Waals surface area contributed by atoms with Gasteiger partial charge in [-0.1, -0.05) is 251 Å². The summed E-state index contributed by atoms with van der Waals surface area (Å²) >= 11 is 0. The second-order valence-electron chi connectivity index (χ2n) is 19.0. The van der Waals surface area contributed by atoms with Crippen LogP contribution in [-0.2, 0) is 18.4 Å². The zero-order valence-electron chi connectivity index (χ0n) is 41.7. The third-order valence-electron chi connectivity index (χ3n) is 12.7. The fourth-order valence-electron chi connectivity index (χ4n) is 8.53. The molecule has 0 rings (SSSR count). The Morgan fingerprint density at radius 3 is 1.22 bits per heavy atom. The van der Waals surface area contributed by atoms with E-state index in [2.05, 4.69) is 31.3 Å². The lowest BCUT2D eigenvalue weighted by molar-refractivity contribution is -0.125. The first kappa shape index (κ1) is 62.2. The van der Waals surface area contributed by atoms with Crippen LogP contribution in [-0.4, -0.2) is 59.0 Å². The Morgan fingerprint density at radius 1 is 0.524 bits per heavy atom. The van der Waals surface area contributed by atoms with E-state index in [1.165, 1.54) is 205 Å². The Morgan fingerprint density at radius 2 is 0.857 bits per heavy atom. The molecule has 4 atom stereocenters. The van der Waals surface area contributed by atoms with Gasteiger partial charge < -0.3 is 26.2 Å². The van der Waals surface area contributed by atoms with Crippen LogP contribution in [0.5, 0.6) is 0 Å². The molecular formula is C53H107N2O7P. The molecule has 0 saturated heterocycles. The van der Waals surface area contributed by atoms with Gasteiger partial charge in [0, 0.05) is 6.54 Å². The molecule has 1 amide bonds. The molecule has 9 nitrogen and oxygen atoms in total. The standard InChI is InChI=1S/C53H107N2O7P/c1-3-5-7-9-11-13-15-17-19-21-23-25-27-29-31-33-35-37-39-41-43-45-52(57)51(49-62-63(59,60)61-47-46-54)55-53(58)48-50(56)44-42-40-38-36-34-32-30-28-26-24-22-20-18-16-14-12-10-8-6-4-2/h28,30,50-52,56-57H,3-27,29,31-49,54H2,1-2H3,(H,55,58)(H,59,60)/b30-28-. The van der Waals surface area contributed by atoms with E-state index < -0.39 is 32.0 Å². The van der Waals surface area contributed by atoms with E-state index in [1.807, 2.05) is 0 Å². The van der Waals surface area contributed by atoms with Crippen LogP contribution >= 0.6 is 7.82 Å². The average molecular weight is 915 g/mol. The highest BCUT2D eigenvalue weighted by Gasteiger charge is 2.28. The van der Waals surface area contributed by atoms with Crippen LogP contribution in [0.25, 0.3) is 0 Å². The Bertz CT molecular complexity index is 1020. The molecule has 0 aromatic rings. The lowest BCUT2D eigenvalue weighted by Gasteiger charge is -2.25. The molecule has 0 heterocycles. The highest BCUT2D eigenvalue weighted by atomic mass is 31.2. The van der Waals surface area contributed by atoms with Gasteiger partial charge in [0.25, 0.3) is 0 Å². The number of nitrogens with two attached hydrogens (primary N) is 1. The maximum absolute atomic E-state index is 12.9. The van der Waals surface area contributed by atoms with Crippen LogP contribution in [0.1, 0.15) is 284 Å². The maximum Gasteiger partial charge on any atom is 0.472 e. The summed E-state index contributed by atoms with van der Waals surface area (Å²) in [4.78, 5) is 22.9. The Labute approximate surface area is 390 Å². The minimum Gasteiger partial charge on any atom is -0.393 e. The summed E-state index contributed by atoms with van der Waals surface area (Å²) in [6.45, 7) is 4.09. The van der Waals surface area contributed by atoms with Gasteiger partial charge in [-0.3, -0.25) is 13.8 Å². The molecule has 10 heteroatoms. The van der Waals surface area contributed by atoms with Gasteiger partial charge in [-0.2, -0.15) is 0 Å². The zero-order valence-corrected chi connectivity index (χ0v) is 42.6. The molecule has 0 fully saturated rings. The minimum atomic E-state index is -4.38. The summed E-state index contributed by atoms with van der Waals surface area (Å²) < 4.78 is 22.3. The molecule has 0 aliphatic carbocycles. The fourth-order valence-corrected chi connectivity index (χ4v) is 9.29. The van der Waals surface area contributed by atoms with E-state index in [9.17, 15) is 24.5 Å². The van der Waals surface area contributed by atoms with Crippen molar-refractivity contribution in [3.63, 3.8) is 0 Å². The van der Waals surface area contributed by atoms with Crippen LogP contribution < -0.4 is 11.1 Å². The van der Waals surface area contributed by atoms with Crippen molar-refractivity contribution in [3.8, 4) is 0 Å². The summed E-state index contributed by atoms with van der Waals surface area (Å²) in [5.41, 5.74) is 5.40. The van der Waals surface area contributed by atoms with Crippen LogP contribution in [0, 0.1) is 0 Å². The van der Waals surface area contributed by atoms with Crippen molar-refractivity contribution in [1.29, 1.82) is 0 Å². The molecule has 6 N–H and O–H groups in total. The van der Waals surface area contributed by atoms with Crippen molar-refractivity contribution in [2.45, 2.75) is 302 Å². The van der Waals surface area contributed by atoms with Gasteiger partial charge in [-0.05, 0) is 38.5 Å². The largest absolute Gasteiger partial charge is 0.472 e. The van der Waals surface area contributed by atoms with Gasteiger partial charge in [-0.25, -0.2) is 4.57 Å². The Hall–Kier alpha value is -0.800. The number of hydrogen-bond donors (Lipinski definition) is 5. The quantitative estimate of drug-likeness (QED) is 0.0230. The molecule has 0 spiro atoms. The van der Waals surface area contributed by atoms with Crippen LogP contribution in [0.3, 0.4) is 0 Å². The van der Waals surface area contributed by atoms with Gasteiger partial charge in [0.15, 0.2) is 0 Å². The molecule has 63 heavy (non-hydrogen) atoms. The Balaban J connectivity index is 4.10. The molecule has 0 radical (unpaired) electrons. The number of aliphatic hydroxyl groups is 2. The van der Waals surface area contributed by atoms with Crippen molar-refractivity contribution in [3.05, 3.63) is 12.2 Å². The van der Waals surface area contributed by atoms with E-state index in [-0.39, 0.29) is 26.2 Å². The predicted molar refractivity (Wildman–Crippen MR) is 269 cm³/mol. The first-order valence-corrected chi connectivity index (χ1v) is 28.9. The monoisotopic (exact) mass is 915 g/mol. The predicted octanol–water partition coefficient (Wildman–Crippen LogP) is 15.3. The van der Waals surface area contributed by atoms with Crippen molar-refractivity contribution < 1.29 is 33.5 Å². The highest BCUT2D eigenvalue weighted by molar-refractivity contribution is 7.47. The number of allylic oxidation sites excluding steroid dienone is 2. The molecule has 0 aromatic carbocycles. The number of carbonyl (C=O) groups is 1. The van der Waals surface area contributed by atoms with Crippen molar-refractivity contribution in [1.82, 2.24) is 5.32 Å². The Kier molecular flexibility index (Phi) is 48.5. The van der Waals surface area contributed by atoms with Gasteiger partial charge in [0.1, 0.15) is 0 Å². The van der Waals surface area contributed by atoms with Crippen molar-refractivity contribution >= 4 is 13.7 Å². The van der Waals surface area contributed by atoms with E-state index in [0.717, 1.165) is 44.9 Å². The summed E-state index contributed by atoms with van der Waals surface area (Å²) in [6.07, 6.45) is 54.1. The van der Waals surface area contributed by atoms with Crippen LogP contribution in [0.15, 0.2) is 12.2 Å². The number of rotatable bonds is 52. The summed E-state index contributed by atoms with van der Waals surface area (Å²) in [6, 6.07) is -0.898. The van der Waals surface area contributed by atoms with E-state index in [4.69, 9.17) is 14.8 Å². The van der Waals surface area contributed by atoms with Crippen LogP contribution in [0.2, 0.25) is 0 Å². The fraction of sp³-hybridized carbons (Fsp3) is 0.943. The first-order valence-electron chi connectivity index (χ1n) is 27.4. The molecule has 0 aliphatic rings. The highest BCUT2D eigenvalue weighted by Crippen LogP contribution is 2.43. The number of phosphoric acid groups is 1. The molecule has 4 unspecified atom stereocenters. The second kappa shape index (κ2) is 49.1. The van der Waals surface area contributed by atoms with Crippen molar-refractivity contribution in [2.24, 2.45) is 5.73 Å². The first-order chi connectivity index (χ1) is 30.8. The average Bonchev–Trinajstić information content (AvgIpc) is 3.26. The van der Waals surface area contributed by atoms with Crippen molar-refractivity contribution in [2.75, 3.05) is 19.8 Å². The number of hydrogen-bond acceptors (Lipinski definition) is 7. The number of aliphatic hydroxyl groups excluding tert-OH is 2. The lowest BCUT2D eigenvalue weighted by Crippen LogP contribution is -2.47. The normalized spacial score (nSPS) is 14.3. The number of amides is 1. The van der Waals surface area contributed by atoms with Gasteiger partial charge in [0.2, 0.25) is 5.91 Å². The molecule has 0 saturated carbocycles.